The van der Waals surface area contributed by atoms with E-state index in [9.17, 15) is 9.59 Å². The zero-order valence-corrected chi connectivity index (χ0v) is 21.5. The summed E-state index contributed by atoms with van der Waals surface area (Å²) in [5.74, 6) is -0.712. The molecule has 4 aromatic rings. The average Bonchev–Trinajstić information content (AvgIpc) is 3.36. The fraction of sp³-hybridized carbons (Fsp3) is 0.276. The van der Waals surface area contributed by atoms with Crippen LogP contribution in [0.2, 0.25) is 0 Å². The summed E-state index contributed by atoms with van der Waals surface area (Å²) in [5, 5.41) is 0.764. The van der Waals surface area contributed by atoms with E-state index in [1.165, 1.54) is 26.5 Å². The first kappa shape index (κ1) is 27.0. The number of hydrogen-bond donors (Lipinski definition) is 1. The van der Waals surface area contributed by atoms with Gasteiger partial charge in [0.1, 0.15) is 24.0 Å². The fourth-order valence-corrected chi connectivity index (χ4v) is 4.17. The summed E-state index contributed by atoms with van der Waals surface area (Å²) in [7, 11) is 1.53. The number of furan rings is 1. The predicted molar refractivity (Wildman–Crippen MR) is 139 cm³/mol. The van der Waals surface area contributed by atoms with E-state index in [-0.39, 0.29) is 37.7 Å². The van der Waals surface area contributed by atoms with Crippen LogP contribution in [0.3, 0.4) is 0 Å². The number of ether oxygens (including phenoxy) is 3. The second-order valence-corrected chi connectivity index (χ2v) is 8.91. The summed E-state index contributed by atoms with van der Waals surface area (Å²) in [6, 6.07) is 11.9. The van der Waals surface area contributed by atoms with E-state index in [4.69, 9.17) is 24.4 Å². The van der Waals surface area contributed by atoms with Gasteiger partial charge in [0.15, 0.2) is 11.6 Å². The Morgan fingerprint density at radius 2 is 1.95 bits per heavy atom. The van der Waals surface area contributed by atoms with Crippen LogP contribution < -0.4 is 10.5 Å². The lowest BCUT2D eigenvalue weighted by atomic mass is 10.00. The first-order valence-corrected chi connectivity index (χ1v) is 12.1. The van der Waals surface area contributed by atoms with Crippen molar-refractivity contribution in [3.63, 3.8) is 0 Å². The van der Waals surface area contributed by atoms with Crippen LogP contribution in [-0.4, -0.2) is 36.6 Å². The standard InChI is InChI=1S/C29H29FN2O6/c1-17(15-35-3)38-27(34)13-21-5-4-20(18(2)33)12-26(21)37-16-19-10-22-7-9-36-29(22)24(11-19)23-6-8-32-25(14-31)28(23)30/h4-12,17H,13-16,31H2,1-3H3. The summed E-state index contributed by atoms with van der Waals surface area (Å²) in [6.45, 7) is 3.53. The normalized spacial score (nSPS) is 11.9. The van der Waals surface area contributed by atoms with Crippen molar-refractivity contribution >= 4 is 22.7 Å². The van der Waals surface area contributed by atoms with Crippen molar-refractivity contribution in [2.75, 3.05) is 13.7 Å². The Morgan fingerprint density at radius 1 is 1.13 bits per heavy atom. The molecule has 2 aromatic carbocycles. The van der Waals surface area contributed by atoms with E-state index in [0.717, 1.165) is 10.9 Å². The van der Waals surface area contributed by atoms with Crippen molar-refractivity contribution in [1.82, 2.24) is 4.98 Å². The number of nitrogens with zero attached hydrogens (tertiary/aromatic N) is 1. The molecule has 1 unspecified atom stereocenters. The molecule has 9 heteroatoms. The molecule has 1 atom stereocenters. The van der Waals surface area contributed by atoms with Crippen LogP contribution in [-0.2, 0) is 33.8 Å². The zero-order valence-electron chi connectivity index (χ0n) is 21.5. The van der Waals surface area contributed by atoms with Crippen LogP contribution in [0, 0.1) is 5.82 Å². The smallest absolute Gasteiger partial charge is 0.310 e. The van der Waals surface area contributed by atoms with Crippen LogP contribution in [0.15, 0.2) is 59.3 Å². The Balaban J connectivity index is 1.64. The van der Waals surface area contributed by atoms with Crippen molar-refractivity contribution in [2.45, 2.75) is 39.5 Å². The molecule has 4 rings (SSSR count). The maximum absolute atomic E-state index is 15.1. The summed E-state index contributed by atoms with van der Waals surface area (Å²) in [5.41, 5.74) is 8.92. The third-order valence-electron chi connectivity index (χ3n) is 5.99. The number of rotatable bonds is 11. The van der Waals surface area contributed by atoms with Crippen LogP contribution in [0.25, 0.3) is 22.1 Å². The lowest BCUT2D eigenvalue weighted by Gasteiger charge is -2.15. The molecule has 0 saturated carbocycles. The summed E-state index contributed by atoms with van der Waals surface area (Å²) in [4.78, 5) is 28.5. The van der Waals surface area contributed by atoms with E-state index >= 15 is 4.39 Å². The van der Waals surface area contributed by atoms with Crippen LogP contribution in [0.5, 0.6) is 5.75 Å². The number of nitrogens with two attached hydrogens (primary N) is 1. The number of hydrogen-bond acceptors (Lipinski definition) is 8. The lowest BCUT2D eigenvalue weighted by molar-refractivity contribution is -0.149. The molecule has 2 aromatic heterocycles. The third kappa shape index (κ3) is 6.07. The monoisotopic (exact) mass is 520 g/mol. The van der Waals surface area contributed by atoms with Crippen molar-refractivity contribution in [3.8, 4) is 16.9 Å². The maximum atomic E-state index is 15.1. The van der Waals surface area contributed by atoms with E-state index in [2.05, 4.69) is 4.98 Å². The Hall–Kier alpha value is -4.08. The molecule has 0 aliphatic heterocycles. The van der Waals surface area contributed by atoms with Gasteiger partial charge in [0, 0.05) is 47.5 Å². The topological polar surface area (TPSA) is 114 Å². The number of methoxy groups -OCH3 is 1. The van der Waals surface area contributed by atoms with Gasteiger partial charge in [-0.15, -0.1) is 0 Å². The van der Waals surface area contributed by atoms with Gasteiger partial charge in [-0.2, -0.15) is 0 Å². The van der Waals surface area contributed by atoms with Gasteiger partial charge in [0.2, 0.25) is 0 Å². The average molecular weight is 521 g/mol. The van der Waals surface area contributed by atoms with E-state index < -0.39 is 17.9 Å². The largest absolute Gasteiger partial charge is 0.489 e. The number of carbonyl (C=O) groups is 2. The quantitative estimate of drug-likeness (QED) is 0.217. The molecule has 0 aliphatic carbocycles. The summed E-state index contributed by atoms with van der Waals surface area (Å²) in [6.07, 6.45) is 2.59. The van der Waals surface area contributed by atoms with Gasteiger partial charge in [-0.3, -0.25) is 14.6 Å². The second kappa shape index (κ2) is 12.0. The Labute approximate surface area is 219 Å². The number of ketones is 1. The van der Waals surface area contributed by atoms with E-state index in [1.807, 2.05) is 6.07 Å². The Morgan fingerprint density at radius 3 is 2.68 bits per heavy atom. The zero-order chi connectivity index (χ0) is 27.2. The van der Waals surface area contributed by atoms with Crippen molar-refractivity contribution < 1.29 is 32.6 Å². The highest BCUT2D eigenvalue weighted by Gasteiger charge is 2.18. The second-order valence-electron chi connectivity index (χ2n) is 8.91. The number of esters is 1. The van der Waals surface area contributed by atoms with Crippen LogP contribution in [0.1, 0.15) is 41.0 Å². The molecule has 0 amide bonds. The SMILES string of the molecule is COCC(C)OC(=O)Cc1ccc(C(C)=O)cc1OCc1cc(-c2ccnc(CN)c2F)c2occc2c1. The molecule has 0 radical (unpaired) electrons. The van der Waals surface area contributed by atoms with Gasteiger partial charge in [-0.25, -0.2) is 4.39 Å². The van der Waals surface area contributed by atoms with Crippen molar-refractivity contribution in [3.05, 3.63) is 83.1 Å². The minimum Gasteiger partial charge on any atom is -0.489 e. The summed E-state index contributed by atoms with van der Waals surface area (Å²) < 4.78 is 37.3. The molecule has 2 N–H and O–H groups in total. The number of Topliss-reactive ketones (excluding diaryl/α,β-unsaturated/α-hetero) is 1. The molecule has 0 aliphatic rings. The minimum atomic E-state index is -0.511. The molecular weight excluding hydrogens is 491 g/mol. The van der Waals surface area contributed by atoms with E-state index in [0.29, 0.717) is 33.6 Å². The Bertz CT molecular complexity index is 1460. The van der Waals surface area contributed by atoms with Crippen molar-refractivity contribution in [1.29, 1.82) is 0 Å². The fourth-order valence-electron chi connectivity index (χ4n) is 4.17. The molecule has 0 bridgehead atoms. The van der Waals surface area contributed by atoms with E-state index in [1.54, 1.807) is 43.3 Å². The molecule has 0 spiro atoms. The molecule has 198 valence electrons. The molecule has 2 heterocycles. The number of halogens is 1. The maximum Gasteiger partial charge on any atom is 0.310 e. The van der Waals surface area contributed by atoms with Gasteiger partial charge >= 0.3 is 5.97 Å². The van der Waals surface area contributed by atoms with Gasteiger partial charge in [0.25, 0.3) is 0 Å². The van der Waals surface area contributed by atoms with Gasteiger partial charge in [0.05, 0.1) is 25.0 Å². The third-order valence-corrected chi connectivity index (χ3v) is 5.99. The van der Waals surface area contributed by atoms with Crippen LogP contribution in [0.4, 0.5) is 4.39 Å². The van der Waals surface area contributed by atoms with Gasteiger partial charge in [-0.05, 0) is 49.7 Å². The lowest BCUT2D eigenvalue weighted by Crippen LogP contribution is -2.21. The molecule has 38 heavy (non-hydrogen) atoms. The van der Waals surface area contributed by atoms with Crippen molar-refractivity contribution in [2.24, 2.45) is 5.73 Å². The molecular formula is C29H29FN2O6. The Kier molecular flexibility index (Phi) is 8.50. The first-order chi connectivity index (χ1) is 18.3. The molecule has 0 fully saturated rings. The highest BCUT2D eigenvalue weighted by Crippen LogP contribution is 2.34. The molecule has 0 saturated heterocycles. The predicted octanol–water partition coefficient (Wildman–Crippen LogP) is 4.99. The van der Waals surface area contributed by atoms with Gasteiger partial charge in [-0.1, -0.05) is 12.1 Å². The van der Waals surface area contributed by atoms with Gasteiger partial charge < -0.3 is 24.4 Å². The molecule has 8 nitrogen and oxygen atoms in total. The number of carbonyl (C=O) groups excluding carboxylic acids is 2. The van der Waals surface area contributed by atoms with Crippen LogP contribution >= 0.6 is 0 Å². The number of pyridine rings is 1. The first-order valence-electron chi connectivity index (χ1n) is 12.1. The highest BCUT2D eigenvalue weighted by molar-refractivity contribution is 5.95. The number of fused-ring (bicyclic) bond motifs is 1. The minimum absolute atomic E-state index is 0.0360. The highest BCUT2D eigenvalue weighted by atomic mass is 19.1. The number of benzene rings is 2. The number of aromatic nitrogens is 1. The summed E-state index contributed by atoms with van der Waals surface area (Å²) >= 11 is 0.